The van der Waals surface area contributed by atoms with Crippen molar-refractivity contribution in [1.29, 1.82) is 0 Å². The Morgan fingerprint density at radius 1 is 1.38 bits per heavy atom. The average Bonchev–Trinajstić information content (AvgIpc) is 3.22. The van der Waals surface area contributed by atoms with Crippen molar-refractivity contribution in [1.82, 2.24) is 19.2 Å². The van der Waals surface area contributed by atoms with E-state index < -0.39 is 10.0 Å². The van der Waals surface area contributed by atoms with Gasteiger partial charge >= 0.3 is 0 Å². The fraction of sp³-hybridized carbons (Fsp3) is 0.438. The Hall–Kier alpha value is -1.90. The van der Waals surface area contributed by atoms with Crippen molar-refractivity contribution in [2.24, 2.45) is 7.05 Å². The Morgan fingerprint density at radius 3 is 3.04 bits per heavy atom. The summed E-state index contributed by atoms with van der Waals surface area (Å²) in [5.41, 5.74) is 0.958. The Labute approximate surface area is 141 Å². The molecule has 2 aliphatic rings. The van der Waals surface area contributed by atoms with Crippen molar-refractivity contribution in [2.45, 2.75) is 17.4 Å². The number of fused-ring (bicyclic) bond motifs is 1. The van der Waals surface area contributed by atoms with Crippen molar-refractivity contribution in [2.75, 3.05) is 26.2 Å². The van der Waals surface area contributed by atoms with Crippen LogP contribution < -0.4 is 10.1 Å². The molecule has 1 fully saturated rings. The lowest BCUT2D eigenvalue weighted by Crippen LogP contribution is -2.49. The van der Waals surface area contributed by atoms with E-state index in [0.717, 1.165) is 23.6 Å². The van der Waals surface area contributed by atoms with Crippen LogP contribution in [0.3, 0.4) is 0 Å². The highest BCUT2D eigenvalue weighted by atomic mass is 32.2. The lowest BCUT2D eigenvalue weighted by atomic mass is 10.2. The molecule has 2 aliphatic heterocycles. The molecule has 1 N–H and O–H groups in total. The van der Waals surface area contributed by atoms with Gasteiger partial charge in [-0.25, -0.2) is 13.4 Å². The summed E-state index contributed by atoms with van der Waals surface area (Å²) in [5, 5.41) is 3.27. The minimum absolute atomic E-state index is 0.312. The van der Waals surface area contributed by atoms with E-state index in [1.165, 1.54) is 0 Å². The van der Waals surface area contributed by atoms with Crippen LogP contribution in [0.4, 0.5) is 0 Å². The quantitative estimate of drug-likeness (QED) is 0.883. The molecule has 3 heterocycles. The summed E-state index contributed by atoms with van der Waals surface area (Å²) < 4.78 is 35.4. The second-order valence-electron chi connectivity index (χ2n) is 6.10. The number of piperazine rings is 1. The van der Waals surface area contributed by atoms with E-state index >= 15 is 0 Å². The van der Waals surface area contributed by atoms with Gasteiger partial charge in [0.15, 0.2) is 0 Å². The number of imidazole rings is 1. The molecule has 1 aromatic carbocycles. The van der Waals surface area contributed by atoms with Crippen LogP contribution in [-0.4, -0.2) is 48.5 Å². The van der Waals surface area contributed by atoms with E-state index in [2.05, 4.69) is 10.3 Å². The number of benzene rings is 1. The first-order chi connectivity index (χ1) is 11.6. The predicted molar refractivity (Wildman–Crippen MR) is 88.4 cm³/mol. The number of aromatic nitrogens is 2. The fourth-order valence-corrected chi connectivity index (χ4v) is 4.99. The van der Waals surface area contributed by atoms with Crippen molar-refractivity contribution in [3.63, 3.8) is 0 Å². The van der Waals surface area contributed by atoms with Gasteiger partial charge in [0.2, 0.25) is 10.0 Å². The predicted octanol–water partition coefficient (Wildman–Crippen LogP) is 0.690. The maximum Gasteiger partial charge on any atom is 0.243 e. The molecule has 1 atom stereocenters. The van der Waals surface area contributed by atoms with Gasteiger partial charge in [0.05, 0.1) is 17.5 Å². The SMILES string of the molecule is Cn1ccnc1C1CNCCN1S(=O)(=O)c1ccc2c(c1)CCO2. The Morgan fingerprint density at radius 2 is 2.25 bits per heavy atom. The maximum atomic E-state index is 13.2. The van der Waals surface area contributed by atoms with Gasteiger partial charge in [-0.3, -0.25) is 0 Å². The zero-order valence-electron chi connectivity index (χ0n) is 13.5. The molecule has 1 unspecified atom stereocenters. The third-order valence-electron chi connectivity index (χ3n) is 4.62. The Bertz CT molecular complexity index is 862. The molecule has 0 spiro atoms. The summed E-state index contributed by atoms with van der Waals surface area (Å²) in [6.45, 7) is 2.22. The summed E-state index contributed by atoms with van der Waals surface area (Å²) in [7, 11) is -1.71. The highest BCUT2D eigenvalue weighted by molar-refractivity contribution is 7.89. The summed E-state index contributed by atoms with van der Waals surface area (Å²) in [4.78, 5) is 4.68. The minimum Gasteiger partial charge on any atom is -0.493 e. The van der Waals surface area contributed by atoms with Crippen LogP contribution in [0.5, 0.6) is 5.75 Å². The molecule has 4 rings (SSSR count). The number of rotatable bonds is 3. The van der Waals surface area contributed by atoms with Crippen LogP contribution in [0.2, 0.25) is 0 Å². The van der Waals surface area contributed by atoms with Gasteiger partial charge < -0.3 is 14.6 Å². The molecule has 7 nitrogen and oxygen atoms in total. The highest BCUT2D eigenvalue weighted by Crippen LogP contribution is 2.32. The van der Waals surface area contributed by atoms with Gasteiger partial charge in [-0.05, 0) is 23.8 Å². The molecular formula is C16H20N4O3S. The second-order valence-corrected chi connectivity index (χ2v) is 7.99. The maximum absolute atomic E-state index is 13.2. The van der Waals surface area contributed by atoms with Crippen LogP contribution >= 0.6 is 0 Å². The summed E-state index contributed by atoms with van der Waals surface area (Å²) in [5.74, 6) is 1.53. The molecule has 2 aromatic rings. The van der Waals surface area contributed by atoms with E-state index in [1.54, 1.807) is 28.7 Å². The second kappa shape index (κ2) is 5.87. The Kier molecular flexibility index (Phi) is 3.82. The molecule has 0 amide bonds. The lowest BCUT2D eigenvalue weighted by Gasteiger charge is -2.34. The van der Waals surface area contributed by atoms with Crippen LogP contribution in [0, 0.1) is 0 Å². The van der Waals surface area contributed by atoms with Crippen molar-refractivity contribution in [3.05, 3.63) is 42.0 Å². The monoisotopic (exact) mass is 348 g/mol. The number of sulfonamides is 1. The topological polar surface area (TPSA) is 76.5 Å². The van der Waals surface area contributed by atoms with Gasteiger partial charge in [-0.15, -0.1) is 0 Å². The minimum atomic E-state index is -3.59. The zero-order valence-corrected chi connectivity index (χ0v) is 14.3. The third kappa shape index (κ3) is 2.51. The average molecular weight is 348 g/mol. The molecule has 8 heteroatoms. The summed E-state index contributed by atoms with van der Waals surface area (Å²) in [6.07, 6.45) is 4.28. The molecule has 24 heavy (non-hydrogen) atoms. The molecular weight excluding hydrogens is 328 g/mol. The lowest BCUT2D eigenvalue weighted by molar-refractivity contribution is 0.258. The largest absolute Gasteiger partial charge is 0.493 e. The molecule has 0 aliphatic carbocycles. The van der Waals surface area contributed by atoms with Crippen LogP contribution in [-0.2, 0) is 23.5 Å². The molecule has 1 aromatic heterocycles. The van der Waals surface area contributed by atoms with Gasteiger partial charge in [0.1, 0.15) is 11.6 Å². The highest BCUT2D eigenvalue weighted by Gasteiger charge is 2.36. The number of nitrogens with zero attached hydrogens (tertiary/aromatic N) is 3. The van der Waals surface area contributed by atoms with Crippen LogP contribution in [0.1, 0.15) is 17.4 Å². The smallest absolute Gasteiger partial charge is 0.243 e. The normalized spacial score (nSPS) is 21.5. The van der Waals surface area contributed by atoms with E-state index in [9.17, 15) is 8.42 Å². The van der Waals surface area contributed by atoms with E-state index in [4.69, 9.17) is 4.74 Å². The summed E-state index contributed by atoms with van der Waals surface area (Å²) >= 11 is 0. The third-order valence-corrected chi connectivity index (χ3v) is 6.52. The van der Waals surface area contributed by atoms with Gasteiger partial charge in [-0.1, -0.05) is 0 Å². The fourth-order valence-electron chi connectivity index (χ4n) is 3.35. The van der Waals surface area contributed by atoms with E-state index in [0.29, 0.717) is 31.1 Å². The number of nitrogens with one attached hydrogen (secondary N) is 1. The molecule has 0 radical (unpaired) electrons. The first kappa shape index (κ1) is 15.6. The number of ether oxygens (including phenoxy) is 1. The zero-order chi connectivity index (χ0) is 16.7. The van der Waals surface area contributed by atoms with Gasteiger partial charge in [0, 0.05) is 45.5 Å². The molecule has 128 valence electrons. The Balaban J connectivity index is 1.73. The molecule has 0 bridgehead atoms. The van der Waals surface area contributed by atoms with E-state index in [1.807, 2.05) is 17.8 Å². The number of hydrogen-bond acceptors (Lipinski definition) is 5. The van der Waals surface area contributed by atoms with Crippen molar-refractivity contribution in [3.8, 4) is 5.75 Å². The first-order valence-electron chi connectivity index (χ1n) is 8.03. The number of aryl methyl sites for hydroxylation is 1. The summed E-state index contributed by atoms with van der Waals surface area (Å²) in [6, 6.07) is 4.83. The van der Waals surface area contributed by atoms with Crippen molar-refractivity contribution >= 4 is 10.0 Å². The van der Waals surface area contributed by atoms with Crippen LogP contribution in [0.15, 0.2) is 35.5 Å². The van der Waals surface area contributed by atoms with Crippen LogP contribution in [0.25, 0.3) is 0 Å². The first-order valence-corrected chi connectivity index (χ1v) is 9.47. The van der Waals surface area contributed by atoms with Crippen molar-refractivity contribution < 1.29 is 13.2 Å². The number of hydrogen-bond donors (Lipinski definition) is 1. The standard InChI is InChI=1S/C16H20N4O3S/c1-19-7-6-18-16(19)14-11-17-5-8-20(14)24(21,22)13-2-3-15-12(10-13)4-9-23-15/h2-3,6-7,10,14,17H,4-5,8-9,11H2,1H3. The van der Waals surface area contributed by atoms with Gasteiger partial charge in [0.25, 0.3) is 0 Å². The molecule has 0 saturated carbocycles. The van der Waals surface area contributed by atoms with Gasteiger partial charge in [-0.2, -0.15) is 4.31 Å². The molecule has 1 saturated heterocycles. The van der Waals surface area contributed by atoms with E-state index in [-0.39, 0.29) is 6.04 Å².